The number of esters is 1. The molecular formula is C42H33N3O5. The Bertz CT molecular complexity index is 2040. The fraction of sp³-hybridized carbons (Fsp3) is 0.167. The van der Waals surface area contributed by atoms with Gasteiger partial charge in [-0.2, -0.15) is 0 Å². The third kappa shape index (κ3) is 5.07. The molecule has 8 nitrogen and oxygen atoms in total. The van der Waals surface area contributed by atoms with E-state index in [4.69, 9.17) is 9.72 Å². The van der Waals surface area contributed by atoms with E-state index in [-0.39, 0.29) is 25.0 Å². The zero-order chi connectivity index (χ0) is 34.2. The molecule has 1 N–H and O–H groups in total. The van der Waals surface area contributed by atoms with E-state index in [0.29, 0.717) is 28.1 Å². The number of carbonyl (C=O) groups excluding carboxylic acids is 3. The lowest BCUT2D eigenvalue weighted by atomic mass is 9.71. The largest absolute Gasteiger partial charge is 0.460 e. The Morgan fingerprint density at radius 3 is 1.96 bits per heavy atom. The van der Waals surface area contributed by atoms with Crippen molar-refractivity contribution < 1.29 is 24.2 Å². The smallest absolute Gasteiger partial charge is 0.338 e. The van der Waals surface area contributed by atoms with Gasteiger partial charge in [-0.1, -0.05) is 97.1 Å². The molecule has 5 aromatic rings. The summed E-state index contributed by atoms with van der Waals surface area (Å²) in [6.45, 7) is -0.194. The third-order valence-electron chi connectivity index (χ3n) is 10.1. The number of aliphatic hydroxyl groups is 1. The van der Waals surface area contributed by atoms with E-state index in [1.807, 2.05) is 91.0 Å². The molecule has 8 rings (SSSR count). The number of nitrogens with zero attached hydrogens (tertiary/aromatic N) is 3. The summed E-state index contributed by atoms with van der Waals surface area (Å²) in [5.41, 5.74) is 3.64. The molecule has 0 spiro atoms. The van der Waals surface area contributed by atoms with Crippen molar-refractivity contribution in [3.05, 3.63) is 185 Å². The highest BCUT2D eigenvalue weighted by molar-refractivity contribution is 6.08. The predicted octanol–water partition coefficient (Wildman–Crippen LogP) is 5.86. The van der Waals surface area contributed by atoms with E-state index in [1.165, 1.54) is 4.90 Å². The van der Waals surface area contributed by atoms with Gasteiger partial charge in [0.05, 0.1) is 35.3 Å². The summed E-state index contributed by atoms with van der Waals surface area (Å²) in [7, 11) is 0. The first-order valence-electron chi connectivity index (χ1n) is 16.7. The average Bonchev–Trinajstić information content (AvgIpc) is 3.79. The minimum Gasteiger partial charge on any atom is -0.460 e. The molecule has 246 valence electrons. The minimum absolute atomic E-state index is 0.0635. The maximum Gasteiger partial charge on any atom is 0.338 e. The molecule has 3 heterocycles. The van der Waals surface area contributed by atoms with Crippen molar-refractivity contribution in [3.8, 4) is 0 Å². The van der Waals surface area contributed by atoms with Crippen LogP contribution in [0.3, 0.4) is 0 Å². The van der Waals surface area contributed by atoms with Crippen molar-refractivity contribution >= 4 is 23.4 Å². The van der Waals surface area contributed by atoms with E-state index in [9.17, 15) is 19.5 Å². The molecule has 2 fully saturated rings. The molecule has 2 amide bonds. The number of likely N-dealkylation sites (tertiary alicyclic amines) is 1. The van der Waals surface area contributed by atoms with Crippen LogP contribution in [0.2, 0.25) is 0 Å². The van der Waals surface area contributed by atoms with Crippen molar-refractivity contribution in [1.29, 1.82) is 0 Å². The number of carbonyl (C=O) groups is 3. The number of benzene rings is 3. The minimum atomic E-state index is -1.70. The molecule has 2 aliphatic carbocycles. The number of ether oxygens (including phenoxy) is 1. The predicted molar refractivity (Wildman–Crippen MR) is 186 cm³/mol. The lowest BCUT2D eigenvalue weighted by Gasteiger charge is -2.36. The molecule has 3 aromatic carbocycles. The van der Waals surface area contributed by atoms with Crippen molar-refractivity contribution in [2.75, 3.05) is 13.2 Å². The summed E-state index contributed by atoms with van der Waals surface area (Å²) in [6, 6.07) is 38.9. The van der Waals surface area contributed by atoms with Crippen LogP contribution in [0.15, 0.2) is 157 Å². The molecule has 2 aromatic heterocycles. The first kappa shape index (κ1) is 31.3. The molecule has 50 heavy (non-hydrogen) atoms. The van der Waals surface area contributed by atoms with Gasteiger partial charge in [-0.05, 0) is 58.7 Å². The van der Waals surface area contributed by atoms with Crippen LogP contribution >= 0.6 is 0 Å². The molecule has 3 aliphatic rings. The van der Waals surface area contributed by atoms with Gasteiger partial charge in [-0.15, -0.1) is 0 Å². The number of pyridine rings is 2. The zero-order valence-electron chi connectivity index (χ0n) is 27.0. The maximum absolute atomic E-state index is 14.5. The molecule has 0 radical (unpaired) electrons. The second kappa shape index (κ2) is 12.8. The number of allylic oxidation sites excluding steroid dienone is 2. The van der Waals surface area contributed by atoms with Crippen LogP contribution in [0, 0.1) is 23.7 Å². The van der Waals surface area contributed by atoms with Crippen LogP contribution in [-0.4, -0.2) is 50.9 Å². The van der Waals surface area contributed by atoms with Crippen molar-refractivity contribution in [2.45, 2.75) is 5.60 Å². The normalized spacial score (nSPS) is 22.9. The first-order chi connectivity index (χ1) is 24.5. The summed E-state index contributed by atoms with van der Waals surface area (Å²) in [4.78, 5) is 52.1. The number of aromatic nitrogens is 2. The number of rotatable bonds is 9. The van der Waals surface area contributed by atoms with E-state index in [2.05, 4.69) is 4.98 Å². The number of fused-ring (bicyclic) bond motifs is 5. The fourth-order valence-electron chi connectivity index (χ4n) is 8.02. The molecule has 2 bridgehead atoms. The summed E-state index contributed by atoms with van der Waals surface area (Å²) in [6.07, 6.45) is 5.36. The highest BCUT2D eigenvalue weighted by atomic mass is 16.5. The SMILES string of the molecule is O=C(OCCN1C(=O)C2C3C=C(C(O)(c4ccccc4)c4ccccn4)C(C3=C(c3ccccc3)c3ccccn3)C2C1=O)c1ccccc1. The van der Waals surface area contributed by atoms with E-state index in [0.717, 1.165) is 16.7 Å². The van der Waals surface area contributed by atoms with E-state index >= 15 is 0 Å². The van der Waals surface area contributed by atoms with Crippen LogP contribution in [0.5, 0.6) is 0 Å². The lowest BCUT2D eigenvalue weighted by molar-refractivity contribution is -0.141. The van der Waals surface area contributed by atoms with Crippen LogP contribution in [0.25, 0.3) is 5.57 Å². The van der Waals surface area contributed by atoms with Gasteiger partial charge in [0, 0.05) is 29.8 Å². The monoisotopic (exact) mass is 659 g/mol. The Balaban J connectivity index is 1.25. The molecule has 1 saturated heterocycles. The van der Waals surface area contributed by atoms with Gasteiger partial charge >= 0.3 is 5.97 Å². The van der Waals surface area contributed by atoms with Gasteiger partial charge in [-0.25, -0.2) is 4.79 Å². The number of hydrogen-bond donors (Lipinski definition) is 1. The summed E-state index contributed by atoms with van der Waals surface area (Å²) in [5, 5.41) is 13.0. The van der Waals surface area contributed by atoms with Crippen molar-refractivity contribution in [3.63, 3.8) is 0 Å². The summed E-state index contributed by atoms with van der Waals surface area (Å²) < 4.78 is 5.48. The quantitative estimate of drug-likeness (QED) is 0.120. The number of hydrogen-bond acceptors (Lipinski definition) is 7. The van der Waals surface area contributed by atoms with E-state index < -0.39 is 35.2 Å². The van der Waals surface area contributed by atoms with Crippen molar-refractivity contribution in [1.82, 2.24) is 14.9 Å². The summed E-state index contributed by atoms with van der Waals surface area (Å²) in [5.74, 6) is -3.82. The average molecular weight is 660 g/mol. The Morgan fingerprint density at radius 1 is 0.720 bits per heavy atom. The third-order valence-corrected chi connectivity index (χ3v) is 10.1. The molecular weight excluding hydrogens is 626 g/mol. The zero-order valence-corrected chi connectivity index (χ0v) is 27.0. The van der Waals surface area contributed by atoms with Gasteiger partial charge in [0.1, 0.15) is 6.61 Å². The van der Waals surface area contributed by atoms with Gasteiger partial charge in [0.15, 0.2) is 5.60 Å². The topological polar surface area (TPSA) is 110 Å². The summed E-state index contributed by atoms with van der Waals surface area (Å²) >= 11 is 0. The fourth-order valence-corrected chi connectivity index (χ4v) is 8.02. The molecule has 5 atom stereocenters. The van der Waals surface area contributed by atoms with Crippen LogP contribution in [0.1, 0.15) is 32.9 Å². The Morgan fingerprint density at radius 2 is 1.32 bits per heavy atom. The Kier molecular flexibility index (Phi) is 8.01. The van der Waals surface area contributed by atoms with Gasteiger partial charge < -0.3 is 9.84 Å². The lowest BCUT2D eigenvalue weighted by Crippen LogP contribution is -2.39. The highest BCUT2D eigenvalue weighted by Gasteiger charge is 2.66. The number of amides is 2. The maximum atomic E-state index is 14.5. The second-order valence-corrected chi connectivity index (χ2v) is 12.7. The van der Waals surface area contributed by atoms with Crippen LogP contribution < -0.4 is 0 Å². The molecule has 1 aliphatic heterocycles. The van der Waals surface area contributed by atoms with Crippen LogP contribution in [0.4, 0.5) is 0 Å². The van der Waals surface area contributed by atoms with Gasteiger partial charge in [-0.3, -0.25) is 24.5 Å². The number of imide groups is 1. The molecule has 5 unspecified atom stereocenters. The van der Waals surface area contributed by atoms with Crippen molar-refractivity contribution in [2.24, 2.45) is 23.7 Å². The van der Waals surface area contributed by atoms with E-state index in [1.54, 1.807) is 54.9 Å². The standard InChI is InChI=1S/C42H33N3O5/c46-39-36-30-26-31(42(49,29-18-8-3-9-19-29)33-21-11-13-23-44-33)37(35(30)34(27-14-4-1-5-15-27)32-20-10-12-22-43-32)38(36)40(47)45(39)24-25-50-41(48)28-16-6-2-7-17-28/h1-23,26,30,36-38,49H,24-25H2. The Labute approximate surface area is 289 Å². The second-order valence-electron chi connectivity index (χ2n) is 12.7. The van der Waals surface area contributed by atoms with Gasteiger partial charge in [0.2, 0.25) is 11.8 Å². The highest BCUT2D eigenvalue weighted by Crippen LogP contribution is 2.64. The van der Waals surface area contributed by atoms with Gasteiger partial charge in [0.25, 0.3) is 0 Å². The first-order valence-corrected chi connectivity index (χ1v) is 16.7. The Hall–Kier alpha value is -5.99. The van der Waals surface area contributed by atoms with Crippen LogP contribution in [-0.2, 0) is 19.9 Å². The molecule has 8 heteroatoms. The molecule has 1 saturated carbocycles.